The van der Waals surface area contributed by atoms with Crippen LogP contribution in [0.1, 0.15) is 18.8 Å². The van der Waals surface area contributed by atoms with Crippen molar-refractivity contribution in [1.82, 2.24) is 25.3 Å². The highest BCUT2D eigenvalue weighted by Gasteiger charge is 2.27. The monoisotopic (exact) mass is 338 g/mol. The largest absolute Gasteiger partial charge is 0.300 e. The molecule has 0 saturated heterocycles. The SMILES string of the molecule is CC(NS(=O)(=O)c1cc([N+](=O)[O-])c(Cl)s1)c1nn[nH]n1. The first-order chi connectivity index (χ1) is 9.31. The van der Waals surface area contributed by atoms with Gasteiger partial charge < -0.3 is 0 Å². The summed E-state index contributed by atoms with van der Waals surface area (Å²) < 4.78 is 25.9. The smallest absolute Gasteiger partial charge is 0.258 e. The number of sulfonamides is 1. The highest BCUT2D eigenvalue weighted by atomic mass is 35.5. The van der Waals surface area contributed by atoms with Gasteiger partial charge in [0, 0.05) is 6.07 Å². The first-order valence-electron chi connectivity index (χ1n) is 5.00. The molecule has 0 aromatic carbocycles. The number of nitrogens with zero attached hydrogens (tertiary/aromatic N) is 4. The van der Waals surface area contributed by atoms with E-state index in [9.17, 15) is 18.5 Å². The third-order valence-electron chi connectivity index (χ3n) is 2.19. The van der Waals surface area contributed by atoms with Crippen molar-refractivity contribution in [2.75, 3.05) is 0 Å². The van der Waals surface area contributed by atoms with Crippen LogP contribution >= 0.6 is 22.9 Å². The summed E-state index contributed by atoms with van der Waals surface area (Å²) in [5.41, 5.74) is -0.454. The fourth-order valence-electron chi connectivity index (χ4n) is 1.29. The molecule has 0 bridgehead atoms. The molecule has 0 radical (unpaired) electrons. The topological polar surface area (TPSA) is 144 Å². The Kier molecular flexibility index (Phi) is 3.99. The Hall–Kier alpha value is -1.63. The van der Waals surface area contributed by atoms with Crippen molar-refractivity contribution < 1.29 is 13.3 Å². The second kappa shape index (κ2) is 5.40. The molecule has 10 nitrogen and oxygen atoms in total. The van der Waals surface area contributed by atoms with Crippen molar-refractivity contribution in [2.45, 2.75) is 17.2 Å². The predicted octanol–water partition coefficient (Wildman–Crippen LogP) is 0.862. The molecule has 2 aromatic heterocycles. The first kappa shape index (κ1) is 14.8. The maximum Gasteiger partial charge on any atom is 0.300 e. The Bertz CT molecular complexity index is 727. The lowest BCUT2D eigenvalue weighted by Gasteiger charge is -2.08. The van der Waals surface area contributed by atoms with Gasteiger partial charge in [-0.25, -0.2) is 8.42 Å². The summed E-state index contributed by atoms with van der Waals surface area (Å²) in [7, 11) is -3.96. The lowest BCUT2D eigenvalue weighted by atomic mass is 10.4. The van der Waals surface area contributed by atoms with Crippen LogP contribution in [0.15, 0.2) is 10.3 Å². The summed E-state index contributed by atoms with van der Waals surface area (Å²) in [6.45, 7) is 1.51. The highest BCUT2D eigenvalue weighted by Crippen LogP contribution is 2.36. The second-order valence-corrected chi connectivity index (χ2v) is 7.19. The minimum absolute atomic E-state index is 0.144. The van der Waals surface area contributed by atoms with Crippen LogP contribution in [0.2, 0.25) is 4.34 Å². The Labute approximate surface area is 121 Å². The Balaban J connectivity index is 2.27. The van der Waals surface area contributed by atoms with Crippen molar-refractivity contribution in [3.63, 3.8) is 0 Å². The van der Waals surface area contributed by atoms with Crippen molar-refractivity contribution in [3.8, 4) is 0 Å². The molecular formula is C7H7ClN6O4S2. The summed E-state index contributed by atoms with van der Waals surface area (Å²) in [5.74, 6) is 0.144. The summed E-state index contributed by atoms with van der Waals surface area (Å²) in [6.07, 6.45) is 0. The highest BCUT2D eigenvalue weighted by molar-refractivity contribution is 7.91. The molecule has 0 fully saturated rings. The lowest BCUT2D eigenvalue weighted by Crippen LogP contribution is -2.27. The van der Waals surface area contributed by atoms with E-state index in [0.29, 0.717) is 11.3 Å². The van der Waals surface area contributed by atoms with Crippen molar-refractivity contribution in [1.29, 1.82) is 0 Å². The van der Waals surface area contributed by atoms with Crippen LogP contribution in [0.25, 0.3) is 0 Å². The van der Waals surface area contributed by atoms with Crippen LogP contribution in [0.5, 0.6) is 0 Å². The van der Waals surface area contributed by atoms with Crippen molar-refractivity contribution >= 4 is 38.6 Å². The van der Waals surface area contributed by atoms with Gasteiger partial charge in [-0.15, -0.1) is 21.5 Å². The van der Waals surface area contributed by atoms with Gasteiger partial charge in [-0.2, -0.15) is 9.94 Å². The number of hydrogen-bond acceptors (Lipinski definition) is 8. The summed E-state index contributed by atoms with van der Waals surface area (Å²) in [4.78, 5) is 9.90. The van der Waals surface area contributed by atoms with E-state index in [-0.39, 0.29) is 14.4 Å². The van der Waals surface area contributed by atoms with E-state index in [0.717, 1.165) is 6.07 Å². The van der Waals surface area contributed by atoms with Crippen LogP contribution in [-0.2, 0) is 10.0 Å². The second-order valence-electron chi connectivity index (χ2n) is 3.59. The number of halogens is 1. The predicted molar refractivity (Wildman–Crippen MR) is 68.9 cm³/mol. The molecule has 2 aromatic rings. The van der Waals surface area contributed by atoms with Gasteiger partial charge in [-0.3, -0.25) is 10.1 Å². The third-order valence-corrected chi connectivity index (χ3v) is 5.54. The van der Waals surface area contributed by atoms with E-state index < -0.39 is 26.7 Å². The number of thiophene rings is 1. The number of aromatic nitrogens is 4. The quantitative estimate of drug-likeness (QED) is 0.607. The molecule has 0 spiro atoms. The van der Waals surface area contributed by atoms with E-state index in [1.807, 2.05) is 0 Å². The Morgan fingerprint density at radius 2 is 2.30 bits per heavy atom. The normalized spacial score (nSPS) is 13.3. The molecule has 13 heteroatoms. The Morgan fingerprint density at radius 1 is 1.60 bits per heavy atom. The zero-order valence-corrected chi connectivity index (χ0v) is 12.2. The fraction of sp³-hybridized carbons (Fsp3) is 0.286. The Morgan fingerprint density at radius 3 is 2.80 bits per heavy atom. The molecule has 1 unspecified atom stereocenters. The van der Waals surface area contributed by atoms with Crippen molar-refractivity contribution in [3.05, 3.63) is 26.3 Å². The van der Waals surface area contributed by atoms with Crippen LogP contribution in [0.4, 0.5) is 5.69 Å². The molecule has 0 saturated carbocycles. The van der Waals surface area contributed by atoms with Crippen LogP contribution in [0, 0.1) is 10.1 Å². The summed E-state index contributed by atoms with van der Waals surface area (Å²) >= 11 is 6.22. The third kappa shape index (κ3) is 2.92. The fourth-order valence-corrected chi connectivity index (χ4v) is 4.17. The van der Waals surface area contributed by atoms with Gasteiger partial charge in [0.25, 0.3) is 15.7 Å². The molecule has 1 atom stereocenters. The van der Waals surface area contributed by atoms with Gasteiger partial charge in [0.2, 0.25) is 0 Å². The molecule has 0 aliphatic carbocycles. The number of hydrogen-bond donors (Lipinski definition) is 2. The van der Waals surface area contributed by atoms with Gasteiger partial charge in [0.05, 0.1) is 11.0 Å². The minimum Gasteiger partial charge on any atom is -0.258 e. The lowest BCUT2D eigenvalue weighted by molar-refractivity contribution is -0.384. The van der Waals surface area contributed by atoms with E-state index in [2.05, 4.69) is 25.3 Å². The summed E-state index contributed by atoms with van der Waals surface area (Å²) in [6, 6.07) is 0.150. The molecule has 0 aliphatic heterocycles. The van der Waals surface area contributed by atoms with E-state index >= 15 is 0 Å². The molecule has 108 valence electrons. The van der Waals surface area contributed by atoms with Crippen molar-refractivity contribution in [2.24, 2.45) is 0 Å². The minimum atomic E-state index is -3.96. The van der Waals surface area contributed by atoms with E-state index in [4.69, 9.17) is 11.6 Å². The van der Waals surface area contributed by atoms with Crippen LogP contribution in [0.3, 0.4) is 0 Å². The van der Waals surface area contributed by atoms with Crippen LogP contribution in [-0.4, -0.2) is 34.0 Å². The first-order valence-corrected chi connectivity index (χ1v) is 7.68. The van der Waals surface area contributed by atoms with E-state index in [1.165, 1.54) is 6.92 Å². The zero-order chi connectivity index (χ0) is 14.9. The maximum atomic E-state index is 12.1. The van der Waals surface area contributed by atoms with Gasteiger partial charge in [0.1, 0.15) is 4.21 Å². The average Bonchev–Trinajstić information content (AvgIpc) is 2.96. The van der Waals surface area contributed by atoms with Crippen LogP contribution < -0.4 is 4.72 Å². The number of aromatic amines is 1. The average molecular weight is 339 g/mol. The number of H-pyrrole nitrogens is 1. The van der Waals surface area contributed by atoms with Gasteiger partial charge in [-0.05, 0) is 6.92 Å². The standard InChI is InChI=1S/C7H7ClN6O4S2/c1-3(7-9-12-13-10-7)11-20(17,18)5-2-4(14(15)16)6(8)19-5/h2-3,11H,1H3,(H,9,10,12,13). The number of nitrogens with one attached hydrogen (secondary N) is 2. The van der Waals surface area contributed by atoms with Gasteiger partial charge >= 0.3 is 0 Å². The van der Waals surface area contributed by atoms with Gasteiger partial charge in [0.15, 0.2) is 10.2 Å². The van der Waals surface area contributed by atoms with E-state index in [1.54, 1.807) is 0 Å². The zero-order valence-electron chi connectivity index (χ0n) is 9.77. The molecule has 2 heterocycles. The number of rotatable bonds is 5. The number of nitro groups is 1. The molecular weight excluding hydrogens is 332 g/mol. The summed E-state index contributed by atoms with van der Waals surface area (Å²) in [5, 5.41) is 23.4. The number of tetrazole rings is 1. The maximum absolute atomic E-state index is 12.1. The van der Waals surface area contributed by atoms with Gasteiger partial charge in [-0.1, -0.05) is 16.8 Å². The molecule has 0 aliphatic rings. The molecule has 2 rings (SSSR count). The molecule has 20 heavy (non-hydrogen) atoms. The molecule has 2 N–H and O–H groups in total. The molecule has 0 amide bonds.